The van der Waals surface area contributed by atoms with Crippen LogP contribution < -0.4 is 0 Å². The van der Waals surface area contributed by atoms with Crippen molar-refractivity contribution < 1.29 is 0 Å². The van der Waals surface area contributed by atoms with Gasteiger partial charge in [0, 0.05) is 0 Å². The molecule has 0 nitrogen and oxygen atoms in total. The lowest BCUT2D eigenvalue weighted by Gasteiger charge is -2.04. The van der Waals surface area contributed by atoms with Crippen LogP contribution in [0.5, 0.6) is 0 Å². The van der Waals surface area contributed by atoms with Crippen LogP contribution >= 0.6 is 0 Å². The second kappa shape index (κ2) is 1.03. The van der Waals surface area contributed by atoms with Crippen molar-refractivity contribution in [1.82, 2.24) is 0 Å². The average molecular weight is 118 g/mol. The first-order valence-corrected chi connectivity index (χ1v) is 3.78. The van der Waals surface area contributed by atoms with E-state index in [1.165, 1.54) is 12.8 Å². The Kier molecular flexibility index (Phi) is 0.493. The highest BCUT2D eigenvalue weighted by atomic mass is 14.5. The smallest absolute Gasteiger partial charge is 0.000528 e. The molecule has 0 radical (unpaired) electrons. The van der Waals surface area contributed by atoms with Gasteiger partial charge in [-0.15, -0.1) is 0 Å². The zero-order chi connectivity index (χ0) is 6.01. The van der Waals surface area contributed by atoms with Crippen molar-refractivity contribution in [2.24, 2.45) is 11.8 Å². The third-order valence-corrected chi connectivity index (χ3v) is 3.19. The molecule has 0 saturated heterocycles. The maximum atomic E-state index is 2.48. The molecule has 0 heteroatoms. The Bertz CT molecular complexity index is 240. The number of hydrogen-bond acceptors (Lipinski definition) is 0. The standard InChI is InChI=1S/C9H10/c1-5-8-3-6-2-7(8)4-9(5)6/h3,6-7H,2,4H2,1H3. The third-order valence-electron chi connectivity index (χ3n) is 3.19. The van der Waals surface area contributed by atoms with Gasteiger partial charge < -0.3 is 0 Å². The van der Waals surface area contributed by atoms with Crippen molar-refractivity contribution in [2.45, 2.75) is 19.8 Å². The summed E-state index contributed by atoms with van der Waals surface area (Å²) in [6, 6.07) is 0. The maximum absolute atomic E-state index is 2.48. The van der Waals surface area contributed by atoms with Crippen molar-refractivity contribution in [2.75, 3.05) is 0 Å². The largest absolute Gasteiger partial charge is 0.0735 e. The second-order valence-electron chi connectivity index (χ2n) is 3.52. The molecule has 0 spiro atoms. The molecule has 4 aliphatic rings. The van der Waals surface area contributed by atoms with E-state index in [1.54, 1.807) is 16.7 Å². The minimum atomic E-state index is 0.907. The van der Waals surface area contributed by atoms with Crippen LogP contribution in [0.3, 0.4) is 0 Å². The Hall–Kier alpha value is -0.520. The SMILES string of the molecule is CC1=C2CC3CC2C=C13. The lowest BCUT2D eigenvalue weighted by molar-refractivity contribution is 0.667. The Morgan fingerprint density at radius 2 is 2.44 bits per heavy atom. The van der Waals surface area contributed by atoms with Gasteiger partial charge in [-0.05, 0) is 42.7 Å². The first kappa shape index (κ1) is 4.32. The summed E-state index contributed by atoms with van der Waals surface area (Å²) in [6.45, 7) is 2.29. The molecule has 0 amide bonds. The van der Waals surface area contributed by atoms with Gasteiger partial charge in [-0.2, -0.15) is 0 Å². The summed E-state index contributed by atoms with van der Waals surface area (Å²) in [5.41, 5.74) is 5.13. The van der Waals surface area contributed by atoms with E-state index in [0.717, 1.165) is 11.8 Å². The zero-order valence-electron chi connectivity index (χ0n) is 5.65. The summed E-state index contributed by atoms with van der Waals surface area (Å²) in [5, 5.41) is 0. The van der Waals surface area contributed by atoms with E-state index in [-0.39, 0.29) is 0 Å². The fourth-order valence-corrected chi connectivity index (χ4v) is 2.76. The predicted octanol–water partition coefficient (Wildman–Crippen LogP) is 2.28. The monoisotopic (exact) mass is 118 g/mol. The highest BCUT2D eigenvalue weighted by Crippen LogP contribution is 2.57. The summed E-state index contributed by atoms with van der Waals surface area (Å²) < 4.78 is 0. The van der Waals surface area contributed by atoms with Crippen LogP contribution in [0.4, 0.5) is 0 Å². The van der Waals surface area contributed by atoms with Crippen molar-refractivity contribution in [3.63, 3.8) is 0 Å². The minimum Gasteiger partial charge on any atom is -0.0735 e. The normalized spacial score (nSPS) is 43.4. The molecular weight excluding hydrogens is 108 g/mol. The third kappa shape index (κ3) is 0.297. The van der Waals surface area contributed by atoms with Gasteiger partial charge in [0.25, 0.3) is 0 Å². The Morgan fingerprint density at radius 1 is 1.56 bits per heavy atom. The van der Waals surface area contributed by atoms with E-state index in [9.17, 15) is 0 Å². The molecule has 1 fully saturated rings. The van der Waals surface area contributed by atoms with Gasteiger partial charge >= 0.3 is 0 Å². The van der Waals surface area contributed by atoms with Gasteiger partial charge in [-0.25, -0.2) is 0 Å². The van der Waals surface area contributed by atoms with Gasteiger partial charge in [-0.3, -0.25) is 0 Å². The maximum Gasteiger partial charge on any atom is -0.000528 e. The molecule has 0 aromatic carbocycles. The molecule has 0 aliphatic heterocycles. The second-order valence-corrected chi connectivity index (χ2v) is 3.52. The van der Waals surface area contributed by atoms with Crippen molar-refractivity contribution in [3.05, 3.63) is 22.8 Å². The van der Waals surface area contributed by atoms with Gasteiger partial charge in [-0.1, -0.05) is 11.6 Å². The summed E-state index contributed by atoms with van der Waals surface area (Å²) in [7, 11) is 0. The summed E-state index contributed by atoms with van der Waals surface area (Å²) in [6.07, 6.45) is 5.36. The van der Waals surface area contributed by atoms with Crippen LogP contribution in [-0.2, 0) is 0 Å². The van der Waals surface area contributed by atoms with Crippen LogP contribution in [0.1, 0.15) is 19.8 Å². The summed E-state index contributed by atoms with van der Waals surface area (Å²) in [5.74, 6) is 1.88. The highest BCUT2D eigenvalue weighted by Gasteiger charge is 2.44. The van der Waals surface area contributed by atoms with Crippen LogP contribution in [0.15, 0.2) is 22.8 Å². The van der Waals surface area contributed by atoms with Crippen LogP contribution in [-0.4, -0.2) is 0 Å². The topological polar surface area (TPSA) is 0 Å². The number of hydrogen-bond donors (Lipinski definition) is 0. The Labute approximate surface area is 55.3 Å². The minimum absolute atomic E-state index is 0.907. The molecule has 2 atom stereocenters. The molecular formula is C9H10. The van der Waals surface area contributed by atoms with Crippen molar-refractivity contribution in [3.8, 4) is 0 Å². The molecule has 4 bridgehead atoms. The first-order chi connectivity index (χ1) is 4.36. The molecule has 4 aliphatic carbocycles. The van der Waals surface area contributed by atoms with Crippen LogP contribution in [0.2, 0.25) is 0 Å². The molecule has 2 unspecified atom stereocenters. The first-order valence-electron chi connectivity index (χ1n) is 3.78. The number of rotatable bonds is 0. The van der Waals surface area contributed by atoms with Gasteiger partial charge in [0.15, 0.2) is 0 Å². The van der Waals surface area contributed by atoms with Crippen LogP contribution in [0.25, 0.3) is 0 Å². The van der Waals surface area contributed by atoms with E-state index in [1.807, 2.05) is 0 Å². The Balaban J connectivity index is 2.34. The molecule has 0 aromatic rings. The van der Waals surface area contributed by atoms with E-state index in [0.29, 0.717) is 0 Å². The lowest BCUT2D eigenvalue weighted by atomic mass is 10.0. The molecule has 0 aromatic heterocycles. The molecule has 0 N–H and O–H groups in total. The predicted molar refractivity (Wildman–Crippen MR) is 37.0 cm³/mol. The van der Waals surface area contributed by atoms with E-state index in [4.69, 9.17) is 0 Å². The average Bonchev–Trinajstić information content (AvgIpc) is 2.46. The Morgan fingerprint density at radius 3 is 2.67 bits per heavy atom. The highest BCUT2D eigenvalue weighted by molar-refractivity contribution is 5.55. The quantitative estimate of drug-likeness (QED) is 0.457. The van der Waals surface area contributed by atoms with Gasteiger partial charge in [0.05, 0.1) is 0 Å². The number of allylic oxidation sites excluding steroid dienone is 4. The van der Waals surface area contributed by atoms with Gasteiger partial charge in [0.1, 0.15) is 0 Å². The fraction of sp³-hybridized carbons (Fsp3) is 0.556. The molecule has 4 rings (SSSR count). The molecule has 1 saturated carbocycles. The van der Waals surface area contributed by atoms with Gasteiger partial charge in [0.2, 0.25) is 0 Å². The molecule has 0 heterocycles. The molecule has 9 heavy (non-hydrogen) atoms. The summed E-state index contributed by atoms with van der Waals surface area (Å²) in [4.78, 5) is 0. The van der Waals surface area contributed by atoms with E-state index < -0.39 is 0 Å². The fourth-order valence-electron chi connectivity index (χ4n) is 2.76. The summed E-state index contributed by atoms with van der Waals surface area (Å²) >= 11 is 0. The van der Waals surface area contributed by atoms with Crippen molar-refractivity contribution >= 4 is 0 Å². The lowest BCUT2D eigenvalue weighted by Crippen LogP contribution is -1.91. The van der Waals surface area contributed by atoms with E-state index >= 15 is 0 Å². The van der Waals surface area contributed by atoms with Crippen LogP contribution in [0, 0.1) is 11.8 Å². The van der Waals surface area contributed by atoms with Crippen molar-refractivity contribution in [1.29, 1.82) is 0 Å². The van der Waals surface area contributed by atoms with E-state index in [2.05, 4.69) is 13.0 Å². The molecule has 46 valence electrons. The zero-order valence-corrected chi connectivity index (χ0v) is 5.65.